The van der Waals surface area contributed by atoms with Crippen LogP contribution in [0.4, 0.5) is 4.79 Å². The van der Waals surface area contributed by atoms with Crippen LogP contribution in [-0.2, 0) is 11.2 Å². The van der Waals surface area contributed by atoms with Gasteiger partial charge in [-0.3, -0.25) is 15.0 Å². The van der Waals surface area contributed by atoms with Crippen molar-refractivity contribution < 1.29 is 23.9 Å². The number of carbonyl (C=O) groups excluding carboxylic acids is 3. The van der Waals surface area contributed by atoms with Crippen molar-refractivity contribution in [2.24, 2.45) is 0 Å². The second-order valence-corrected chi connectivity index (χ2v) is 7.72. The molecule has 0 spiro atoms. The highest BCUT2D eigenvalue weighted by Crippen LogP contribution is 2.38. The number of hydrazine groups is 1. The maximum atomic E-state index is 12.9. The summed E-state index contributed by atoms with van der Waals surface area (Å²) >= 11 is 6.17. The molecular formula is C21H20ClN3O5. The summed E-state index contributed by atoms with van der Waals surface area (Å²) in [6, 6.07) is 11.8. The van der Waals surface area contributed by atoms with E-state index in [9.17, 15) is 14.4 Å². The second-order valence-electron chi connectivity index (χ2n) is 7.31. The fourth-order valence-electron chi connectivity index (χ4n) is 3.40. The minimum absolute atomic E-state index is 0.141. The number of imide groups is 1. The molecule has 0 radical (unpaired) electrons. The maximum Gasteiger partial charge on any atom is 0.344 e. The molecule has 0 bridgehead atoms. The minimum Gasteiger partial charge on any atom is -0.486 e. The Morgan fingerprint density at radius 2 is 1.93 bits per heavy atom. The Bertz CT molecular complexity index is 1010. The van der Waals surface area contributed by atoms with E-state index in [2.05, 4.69) is 10.7 Å². The van der Waals surface area contributed by atoms with Crippen LogP contribution in [-0.4, -0.2) is 41.6 Å². The van der Waals surface area contributed by atoms with E-state index in [0.29, 0.717) is 42.6 Å². The van der Waals surface area contributed by atoms with Gasteiger partial charge in [0.15, 0.2) is 11.5 Å². The van der Waals surface area contributed by atoms with Gasteiger partial charge in [0.1, 0.15) is 18.8 Å². The van der Waals surface area contributed by atoms with Gasteiger partial charge in [-0.1, -0.05) is 41.9 Å². The zero-order chi connectivity index (χ0) is 21.3. The van der Waals surface area contributed by atoms with E-state index in [1.54, 1.807) is 6.92 Å². The van der Waals surface area contributed by atoms with Gasteiger partial charge in [0, 0.05) is 5.56 Å². The van der Waals surface area contributed by atoms with Crippen molar-refractivity contribution in [2.45, 2.75) is 25.3 Å². The van der Waals surface area contributed by atoms with Crippen LogP contribution in [0.5, 0.6) is 11.5 Å². The Hall–Kier alpha value is -3.26. The fraction of sp³-hybridized carbons (Fsp3) is 0.286. The normalized spacial score (nSPS) is 20.1. The third-order valence-corrected chi connectivity index (χ3v) is 5.37. The van der Waals surface area contributed by atoms with E-state index in [4.69, 9.17) is 21.1 Å². The average Bonchev–Trinajstić information content (AvgIpc) is 2.96. The molecule has 30 heavy (non-hydrogen) atoms. The lowest BCUT2D eigenvalue weighted by Crippen LogP contribution is -2.49. The number of aryl methyl sites for hydroxylation is 1. The summed E-state index contributed by atoms with van der Waals surface area (Å²) in [4.78, 5) is 37.9. The van der Waals surface area contributed by atoms with Crippen LogP contribution in [0.25, 0.3) is 0 Å². The lowest BCUT2D eigenvalue weighted by Gasteiger charge is -2.22. The lowest BCUT2D eigenvalue weighted by atomic mass is 9.93. The number of benzene rings is 2. The molecule has 2 heterocycles. The van der Waals surface area contributed by atoms with Crippen molar-refractivity contribution >= 4 is 29.4 Å². The van der Waals surface area contributed by atoms with Crippen molar-refractivity contribution in [2.75, 3.05) is 13.2 Å². The molecule has 1 atom stereocenters. The van der Waals surface area contributed by atoms with E-state index >= 15 is 0 Å². The Morgan fingerprint density at radius 1 is 1.20 bits per heavy atom. The first-order chi connectivity index (χ1) is 14.4. The van der Waals surface area contributed by atoms with Crippen molar-refractivity contribution in [3.8, 4) is 11.5 Å². The van der Waals surface area contributed by atoms with Gasteiger partial charge in [0.2, 0.25) is 0 Å². The highest BCUT2D eigenvalue weighted by atomic mass is 35.5. The summed E-state index contributed by atoms with van der Waals surface area (Å²) in [6.07, 6.45) is 0.993. The van der Waals surface area contributed by atoms with Crippen molar-refractivity contribution in [3.63, 3.8) is 0 Å². The van der Waals surface area contributed by atoms with E-state index in [1.807, 2.05) is 30.3 Å². The third kappa shape index (κ3) is 3.78. The summed E-state index contributed by atoms with van der Waals surface area (Å²) in [7, 11) is 0. The van der Waals surface area contributed by atoms with Crippen LogP contribution in [0.3, 0.4) is 0 Å². The van der Waals surface area contributed by atoms with E-state index in [-0.39, 0.29) is 10.6 Å². The number of carbonyl (C=O) groups is 3. The minimum atomic E-state index is -1.12. The molecular weight excluding hydrogens is 410 g/mol. The topological polar surface area (TPSA) is 97.0 Å². The first-order valence-corrected chi connectivity index (χ1v) is 9.86. The lowest BCUT2D eigenvalue weighted by molar-refractivity contribution is -0.132. The molecule has 156 valence electrons. The average molecular weight is 430 g/mol. The Kier molecular flexibility index (Phi) is 5.26. The molecule has 1 unspecified atom stereocenters. The van der Waals surface area contributed by atoms with Gasteiger partial charge in [-0.2, -0.15) is 5.01 Å². The van der Waals surface area contributed by atoms with Crippen LogP contribution in [0.1, 0.15) is 29.3 Å². The highest BCUT2D eigenvalue weighted by molar-refractivity contribution is 6.32. The molecule has 2 aliphatic heterocycles. The number of nitrogens with one attached hydrogen (secondary N) is 2. The predicted octanol–water partition coefficient (Wildman–Crippen LogP) is 2.70. The first kappa shape index (κ1) is 20.0. The number of hydrogen-bond donors (Lipinski definition) is 2. The predicted molar refractivity (Wildman–Crippen MR) is 108 cm³/mol. The molecule has 4 amide bonds. The van der Waals surface area contributed by atoms with E-state index in [0.717, 1.165) is 5.56 Å². The van der Waals surface area contributed by atoms with Gasteiger partial charge in [-0.25, -0.2) is 4.79 Å². The molecule has 0 aliphatic carbocycles. The van der Waals surface area contributed by atoms with Crippen LogP contribution in [0.15, 0.2) is 42.5 Å². The number of fused-ring (bicyclic) bond motifs is 1. The van der Waals surface area contributed by atoms with Gasteiger partial charge < -0.3 is 14.8 Å². The van der Waals surface area contributed by atoms with Gasteiger partial charge in [-0.05, 0) is 37.5 Å². The number of amides is 4. The molecule has 4 rings (SSSR count). The summed E-state index contributed by atoms with van der Waals surface area (Å²) in [6.45, 7) is 2.34. The van der Waals surface area contributed by atoms with Gasteiger partial charge >= 0.3 is 6.03 Å². The molecule has 1 saturated heterocycles. The maximum absolute atomic E-state index is 12.9. The smallest absolute Gasteiger partial charge is 0.344 e. The molecule has 2 aliphatic rings. The van der Waals surface area contributed by atoms with Gasteiger partial charge in [0.05, 0.1) is 5.02 Å². The standard InChI is InChI=1S/C21H20ClN3O5/c1-21(8-7-13-5-3-2-4-6-13)19(27)25(20(28)23-21)24-18(26)14-11-15(22)17-16(12-14)29-9-10-30-17/h2-6,11-12H,7-10H2,1H3,(H,23,28)(H,24,26). The fourth-order valence-corrected chi connectivity index (χ4v) is 3.67. The number of hydrogen-bond acceptors (Lipinski definition) is 5. The number of urea groups is 1. The Labute approximate surface area is 178 Å². The molecule has 0 saturated carbocycles. The Balaban J connectivity index is 1.47. The van der Waals surface area contributed by atoms with Crippen LogP contribution in [0.2, 0.25) is 5.02 Å². The van der Waals surface area contributed by atoms with Crippen LogP contribution in [0, 0.1) is 0 Å². The summed E-state index contributed by atoms with van der Waals surface area (Å²) < 4.78 is 10.9. The van der Waals surface area contributed by atoms with Crippen molar-refractivity contribution in [1.82, 2.24) is 15.8 Å². The third-order valence-electron chi connectivity index (χ3n) is 5.09. The summed E-state index contributed by atoms with van der Waals surface area (Å²) in [5.74, 6) is -0.489. The molecule has 8 nitrogen and oxygen atoms in total. The monoisotopic (exact) mass is 429 g/mol. The highest BCUT2D eigenvalue weighted by Gasteiger charge is 2.48. The van der Waals surface area contributed by atoms with E-state index < -0.39 is 23.4 Å². The van der Waals surface area contributed by atoms with Crippen LogP contribution < -0.4 is 20.2 Å². The SMILES string of the molecule is CC1(CCc2ccccc2)NC(=O)N(NC(=O)c2cc(Cl)c3c(c2)OCCO3)C1=O. The first-order valence-electron chi connectivity index (χ1n) is 9.48. The van der Waals surface area contributed by atoms with Gasteiger partial charge in [-0.15, -0.1) is 0 Å². The largest absolute Gasteiger partial charge is 0.486 e. The van der Waals surface area contributed by atoms with Gasteiger partial charge in [0.25, 0.3) is 11.8 Å². The summed E-state index contributed by atoms with van der Waals surface area (Å²) in [5.41, 5.74) is 2.43. The molecule has 9 heteroatoms. The molecule has 2 aromatic rings. The number of rotatable bonds is 5. The van der Waals surface area contributed by atoms with Crippen molar-refractivity contribution in [1.29, 1.82) is 0 Å². The quantitative estimate of drug-likeness (QED) is 0.712. The second kappa shape index (κ2) is 7.87. The molecule has 2 N–H and O–H groups in total. The number of ether oxygens (including phenoxy) is 2. The zero-order valence-electron chi connectivity index (χ0n) is 16.2. The Morgan fingerprint density at radius 3 is 2.70 bits per heavy atom. The van der Waals surface area contributed by atoms with Crippen LogP contribution >= 0.6 is 11.6 Å². The molecule has 1 fully saturated rings. The van der Waals surface area contributed by atoms with Crippen molar-refractivity contribution in [3.05, 3.63) is 58.6 Å². The number of nitrogens with zero attached hydrogens (tertiary/aromatic N) is 1. The molecule has 0 aromatic heterocycles. The number of halogens is 1. The summed E-state index contributed by atoms with van der Waals surface area (Å²) in [5, 5.41) is 3.59. The molecule has 2 aromatic carbocycles. The van der Waals surface area contributed by atoms with E-state index in [1.165, 1.54) is 12.1 Å². The zero-order valence-corrected chi connectivity index (χ0v) is 17.0.